The second kappa shape index (κ2) is 5.20. The summed E-state index contributed by atoms with van der Waals surface area (Å²) < 4.78 is 1.75. The Morgan fingerprint density at radius 3 is 2.40 bits per heavy atom. The fourth-order valence-electron chi connectivity index (χ4n) is 2.40. The van der Waals surface area contributed by atoms with Crippen molar-refractivity contribution in [2.75, 3.05) is 39.3 Å². The van der Waals surface area contributed by atoms with E-state index in [0.29, 0.717) is 37.9 Å². The number of carbonyl (C=O) groups excluding carboxylic acids is 2. The van der Waals surface area contributed by atoms with E-state index in [1.165, 1.54) is 0 Å². The third-order valence-electron chi connectivity index (χ3n) is 3.88. The summed E-state index contributed by atoms with van der Waals surface area (Å²) in [6, 6.07) is 0.304. The van der Waals surface area contributed by atoms with Crippen LogP contribution in [0.2, 0.25) is 0 Å². The van der Waals surface area contributed by atoms with Crippen LogP contribution in [0.4, 0.5) is 0 Å². The normalized spacial score (nSPS) is 19.9. The number of hydrogen-bond donors (Lipinski definition) is 1. The molecule has 108 valence electrons. The summed E-state index contributed by atoms with van der Waals surface area (Å²) >= 11 is 0. The molecule has 0 unspecified atom stereocenters. The van der Waals surface area contributed by atoms with Crippen LogP contribution in [0.25, 0.3) is 0 Å². The van der Waals surface area contributed by atoms with Crippen LogP contribution in [0.15, 0.2) is 6.20 Å². The van der Waals surface area contributed by atoms with E-state index in [2.05, 4.69) is 15.6 Å². The molecule has 1 N–H and O–H groups in total. The number of hydrogen-bond acceptors (Lipinski definition) is 5. The number of amides is 2. The van der Waals surface area contributed by atoms with Gasteiger partial charge in [-0.15, -0.1) is 5.10 Å². The number of piperazine rings is 1. The van der Waals surface area contributed by atoms with Crippen molar-refractivity contribution in [1.29, 1.82) is 0 Å². The van der Waals surface area contributed by atoms with E-state index < -0.39 is 0 Å². The first-order valence-electron chi connectivity index (χ1n) is 6.82. The molecule has 0 saturated carbocycles. The lowest BCUT2D eigenvalue weighted by Gasteiger charge is -2.33. The molecule has 0 spiro atoms. The number of nitrogens with one attached hydrogen (secondary N) is 1. The van der Waals surface area contributed by atoms with Crippen molar-refractivity contribution >= 4 is 11.8 Å². The Kier molecular flexibility index (Phi) is 3.39. The summed E-state index contributed by atoms with van der Waals surface area (Å²) in [4.78, 5) is 27.0. The molecule has 2 amide bonds. The molecule has 8 heteroatoms. The fourth-order valence-corrected chi connectivity index (χ4v) is 2.40. The minimum atomic E-state index is -0.105. The Morgan fingerprint density at radius 2 is 1.85 bits per heavy atom. The zero-order valence-electron chi connectivity index (χ0n) is 11.4. The Balaban J connectivity index is 1.61. The van der Waals surface area contributed by atoms with Gasteiger partial charge in [0.1, 0.15) is 0 Å². The van der Waals surface area contributed by atoms with Gasteiger partial charge in [0.05, 0.1) is 12.2 Å². The molecular formula is C12H18N6O2. The molecule has 0 bridgehead atoms. The van der Waals surface area contributed by atoms with Crippen LogP contribution >= 0.6 is 0 Å². The molecule has 8 nitrogen and oxygen atoms in total. The third kappa shape index (κ3) is 2.38. The predicted octanol–water partition coefficient (Wildman–Crippen LogP) is -1.27. The van der Waals surface area contributed by atoms with Gasteiger partial charge in [-0.3, -0.25) is 9.59 Å². The van der Waals surface area contributed by atoms with Crippen molar-refractivity contribution in [1.82, 2.24) is 30.1 Å². The van der Waals surface area contributed by atoms with Gasteiger partial charge in [-0.1, -0.05) is 5.21 Å². The molecule has 0 aromatic carbocycles. The Bertz CT molecular complexity index is 516. The van der Waals surface area contributed by atoms with Crippen molar-refractivity contribution in [2.45, 2.75) is 13.0 Å². The monoisotopic (exact) mass is 278 g/mol. The second-order valence-electron chi connectivity index (χ2n) is 5.19. The molecule has 0 radical (unpaired) electrons. The highest BCUT2D eigenvalue weighted by molar-refractivity contribution is 5.92. The van der Waals surface area contributed by atoms with E-state index in [-0.39, 0.29) is 11.8 Å². The molecule has 2 saturated heterocycles. The maximum atomic E-state index is 12.3. The number of nitrogens with zero attached hydrogens (tertiary/aromatic N) is 5. The van der Waals surface area contributed by atoms with Crippen LogP contribution in [0, 0.1) is 0 Å². The maximum absolute atomic E-state index is 12.3. The first kappa shape index (κ1) is 13.0. The molecule has 0 atom stereocenters. The van der Waals surface area contributed by atoms with E-state index in [1.54, 1.807) is 27.6 Å². The molecule has 3 heterocycles. The lowest BCUT2D eigenvalue weighted by atomic mass is 10.2. The van der Waals surface area contributed by atoms with Crippen LogP contribution in [0.1, 0.15) is 23.5 Å². The molecule has 1 aromatic heterocycles. The summed E-state index contributed by atoms with van der Waals surface area (Å²) in [7, 11) is 0. The Morgan fingerprint density at radius 1 is 1.20 bits per heavy atom. The summed E-state index contributed by atoms with van der Waals surface area (Å²) in [6.07, 6.45) is 1.71. The number of carbonyl (C=O) groups is 2. The Labute approximate surface area is 116 Å². The second-order valence-corrected chi connectivity index (χ2v) is 5.19. The smallest absolute Gasteiger partial charge is 0.276 e. The maximum Gasteiger partial charge on any atom is 0.276 e. The average molecular weight is 278 g/mol. The summed E-state index contributed by atoms with van der Waals surface area (Å²) in [5, 5.41) is 11.1. The predicted molar refractivity (Wildman–Crippen MR) is 70.1 cm³/mol. The minimum absolute atomic E-state index is 0.0560. The SMILES string of the molecule is CC(=O)N1CCN(C(=O)c2cn(C3CNC3)nn2)CC1. The van der Waals surface area contributed by atoms with Crippen LogP contribution < -0.4 is 5.32 Å². The molecule has 2 fully saturated rings. The number of aromatic nitrogens is 3. The minimum Gasteiger partial charge on any atom is -0.339 e. The van der Waals surface area contributed by atoms with Gasteiger partial charge < -0.3 is 15.1 Å². The van der Waals surface area contributed by atoms with Crippen LogP contribution in [-0.2, 0) is 4.79 Å². The quantitative estimate of drug-likeness (QED) is 0.729. The number of rotatable bonds is 2. The topological polar surface area (TPSA) is 83.4 Å². The molecular weight excluding hydrogens is 260 g/mol. The van der Waals surface area contributed by atoms with Gasteiger partial charge in [-0.2, -0.15) is 0 Å². The van der Waals surface area contributed by atoms with Crippen LogP contribution in [0.5, 0.6) is 0 Å². The lowest BCUT2D eigenvalue weighted by Crippen LogP contribution is -2.50. The van der Waals surface area contributed by atoms with Gasteiger partial charge in [0.25, 0.3) is 5.91 Å². The van der Waals surface area contributed by atoms with E-state index in [9.17, 15) is 9.59 Å². The molecule has 3 rings (SSSR count). The first-order chi connectivity index (χ1) is 9.65. The van der Waals surface area contributed by atoms with Crippen molar-refractivity contribution < 1.29 is 9.59 Å². The van der Waals surface area contributed by atoms with E-state index in [4.69, 9.17) is 0 Å². The summed E-state index contributed by atoms with van der Waals surface area (Å²) in [5.41, 5.74) is 0.383. The standard InChI is InChI=1S/C12H18N6O2/c1-9(19)16-2-4-17(5-3-16)12(20)11-8-18(15-14-11)10-6-13-7-10/h8,10,13H,2-7H2,1H3. The molecule has 1 aromatic rings. The van der Waals surface area contributed by atoms with E-state index in [0.717, 1.165) is 13.1 Å². The lowest BCUT2D eigenvalue weighted by molar-refractivity contribution is -0.130. The zero-order valence-corrected chi connectivity index (χ0v) is 11.4. The van der Waals surface area contributed by atoms with Crippen molar-refractivity contribution in [3.8, 4) is 0 Å². The van der Waals surface area contributed by atoms with E-state index in [1.807, 2.05) is 0 Å². The fraction of sp³-hybridized carbons (Fsp3) is 0.667. The first-order valence-corrected chi connectivity index (χ1v) is 6.82. The summed E-state index contributed by atoms with van der Waals surface area (Å²) in [5.74, 6) is -0.0488. The molecule has 20 heavy (non-hydrogen) atoms. The largest absolute Gasteiger partial charge is 0.339 e. The van der Waals surface area contributed by atoms with Crippen LogP contribution in [-0.4, -0.2) is 75.9 Å². The Hall–Kier alpha value is -1.96. The highest BCUT2D eigenvalue weighted by atomic mass is 16.2. The zero-order chi connectivity index (χ0) is 14.1. The van der Waals surface area contributed by atoms with Crippen molar-refractivity contribution in [2.24, 2.45) is 0 Å². The van der Waals surface area contributed by atoms with Crippen LogP contribution in [0.3, 0.4) is 0 Å². The molecule has 2 aliphatic rings. The van der Waals surface area contributed by atoms with Crippen molar-refractivity contribution in [3.05, 3.63) is 11.9 Å². The highest BCUT2D eigenvalue weighted by Crippen LogP contribution is 2.12. The van der Waals surface area contributed by atoms with Crippen molar-refractivity contribution in [3.63, 3.8) is 0 Å². The third-order valence-corrected chi connectivity index (χ3v) is 3.88. The van der Waals surface area contributed by atoms with Gasteiger partial charge in [0.2, 0.25) is 5.91 Å². The van der Waals surface area contributed by atoms with Gasteiger partial charge in [0, 0.05) is 46.2 Å². The average Bonchev–Trinajstić information content (AvgIpc) is 2.85. The molecule has 0 aliphatic carbocycles. The van der Waals surface area contributed by atoms with Gasteiger partial charge >= 0.3 is 0 Å². The molecule has 2 aliphatic heterocycles. The highest BCUT2D eigenvalue weighted by Gasteiger charge is 2.26. The van der Waals surface area contributed by atoms with Gasteiger partial charge in [-0.25, -0.2) is 4.68 Å². The van der Waals surface area contributed by atoms with Gasteiger partial charge in [0.15, 0.2) is 5.69 Å². The van der Waals surface area contributed by atoms with Gasteiger partial charge in [-0.05, 0) is 0 Å². The van der Waals surface area contributed by atoms with E-state index >= 15 is 0 Å². The summed E-state index contributed by atoms with van der Waals surface area (Å²) in [6.45, 7) is 5.56.